The van der Waals surface area contributed by atoms with Crippen molar-refractivity contribution >= 4 is 41.0 Å². The molecule has 1 unspecified atom stereocenters. The van der Waals surface area contributed by atoms with Gasteiger partial charge in [0.05, 0.1) is 26.3 Å². The number of halogens is 4. The number of para-hydroxylation sites is 1. The molecule has 2 N–H and O–H groups in total. The van der Waals surface area contributed by atoms with E-state index in [4.69, 9.17) is 42.1 Å². The van der Waals surface area contributed by atoms with Crippen molar-refractivity contribution in [2.75, 3.05) is 38.8 Å². The SMILES string of the molecule is COc1ccc([C@H](Cc2c(Cl)c[nH+]cc2Cl)OC(=O)c2ccc(CN(C(=O)OC3CN4CCC3CC4)c3c(F)cccc3F)cc2)cc1OC.[OH-]. The zero-order valence-corrected chi connectivity index (χ0v) is 29.4. The maximum Gasteiger partial charge on any atom is 0.415 e. The molecular formula is C37H37Cl2F2N3O7. The number of esters is 1. The summed E-state index contributed by atoms with van der Waals surface area (Å²) in [5, 5.41) is 0.734. The van der Waals surface area contributed by atoms with Crippen molar-refractivity contribution in [2.45, 2.75) is 38.0 Å². The molecule has 0 spiro atoms. The van der Waals surface area contributed by atoms with E-state index in [-0.39, 0.29) is 36.0 Å². The number of H-pyrrole nitrogens is 1. The molecule has 1 amide bonds. The Balaban J connectivity index is 0.00000504. The number of hydrogen-bond donors (Lipinski definition) is 0. The first-order valence-corrected chi connectivity index (χ1v) is 16.9. The standard InChI is InChI=1S/C37H35Cl2F2N3O6.H2O/c1-47-31-11-10-25(16-33(31)48-2)32(17-26-27(38)18-42-19-28(26)39)49-36(45)24-8-6-22(7-9-24)20-44(35-29(40)4-3-5-30(35)41)37(46)50-34-21-43-14-12-23(34)13-15-43;/h3-11,16,18-19,23,32,34H,12-15,17,20-21H2,1-2H3;1H2/t32-,34?;/m0./s1. The van der Waals surface area contributed by atoms with Gasteiger partial charge in [0.15, 0.2) is 23.9 Å². The number of piperidine rings is 3. The van der Waals surface area contributed by atoms with E-state index >= 15 is 8.78 Å². The molecule has 3 aromatic carbocycles. The van der Waals surface area contributed by atoms with Crippen LogP contribution < -0.4 is 19.4 Å². The number of fused-ring (bicyclic) bond motifs is 3. The molecule has 3 aliphatic rings. The van der Waals surface area contributed by atoms with Crippen LogP contribution in [0, 0.1) is 17.6 Å². The van der Waals surface area contributed by atoms with Crippen LogP contribution in [0.2, 0.25) is 10.0 Å². The van der Waals surface area contributed by atoms with Gasteiger partial charge in [-0.3, -0.25) is 9.80 Å². The third kappa shape index (κ3) is 8.53. The molecule has 3 saturated heterocycles. The predicted molar refractivity (Wildman–Crippen MR) is 185 cm³/mol. The van der Waals surface area contributed by atoms with Crippen molar-refractivity contribution < 1.29 is 47.8 Å². The number of nitrogens with one attached hydrogen (secondary N) is 1. The number of aromatic nitrogens is 1. The number of nitrogens with zero attached hydrogens (tertiary/aromatic N) is 2. The Labute approximate surface area is 304 Å². The second-order valence-corrected chi connectivity index (χ2v) is 13.1. The summed E-state index contributed by atoms with van der Waals surface area (Å²) in [6, 6.07) is 14.8. The number of hydrogen-bond acceptors (Lipinski definition) is 8. The number of rotatable bonds is 11. The van der Waals surface area contributed by atoms with Crippen LogP contribution in [0.25, 0.3) is 0 Å². The summed E-state index contributed by atoms with van der Waals surface area (Å²) >= 11 is 12.9. The Hall–Kier alpha value is -4.49. The lowest BCUT2D eigenvalue weighted by Crippen LogP contribution is -2.53. The highest BCUT2D eigenvalue weighted by Crippen LogP contribution is 2.36. The van der Waals surface area contributed by atoms with Gasteiger partial charge in [0.1, 0.15) is 39.6 Å². The molecule has 2 bridgehead atoms. The number of anilines is 1. The lowest BCUT2D eigenvalue weighted by molar-refractivity contribution is -0.377. The van der Waals surface area contributed by atoms with E-state index in [1.165, 1.54) is 32.4 Å². The van der Waals surface area contributed by atoms with Gasteiger partial charge in [-0.05, 0) is 79.4 Å². The molecule has 0 saturated carbocycles. The van der Waals surface area contributed by atoms with Gasteiger partial charge in [-0.2, -0.15) is 0 Å². The molecule has 4 aromatic rings. The number of pyridine rings is 1. The molecule has 51 heavy (non-hydrogen) atoms. The van der Waals surface area contributed by atoms with Gasteiger partial charge in [0.25, 0.3) is 0 Å². The maximum atomic E-state index is 15.0. The normalized spacial score (nSPS) is 18.3. The first kappa shape index (κ1) is 37.8. The van der Waals surface area contributed by atoms with Crippen molar-refractivity contribution in [3.63, 3.8) is 0 Å². The zero-order chi connectivity index (χ0) is 35.4. The van der Waals surface area contributed by atoms with E-state index in [0.717, 1.165) is 43.0 Å². The van der Waals surface area contributed by atoms with Gasteiger partial charge in [0.2, 0.25) is 0 Å². The summed E-state index contributed by atoms with van der Waals surface area (Å²) in [6.45, 7) is 2.27. The maximum absolute atomic E-state index is 15.0. The molecule has 7 rings (SSSR count). The minimum atomic E-state index is -0.895. The second-order valence-electron chi connectivity index (χ2n) is 12.3. The number of amides is 1. The van der Waals surface area contributed by atoms with E-state index in [9.17, 15) is 9.59 Å². The summed E-state index contributed by atoms with van der Waals surface area (Å²) in [4.78, 5) is 33.2. The van der Waals surface area contributed by atoms with Crippen molar-refractivity contribution in [3.8, 4) is 11.5 Å². The van der Waals surface area contributed by atoms with Gasteiger partial charge in [-0.1, -0.05) is 47.5 Å². The second kappa shape index (κ2) is 16.7. The van der Waals surface area contributed by atoms with E-state index in [1.807, 2.05) is 0 Å². The number of ether oxygens (including phenoxy) is 4. The number of carbonyl (C=O) groups excluding carboxylic acids is 2. The van der Waals surface area contributed by atoms with Crippen molar-refractivity contribution in [1.82, 2.24) is 4.90 Å². The van der Waals surface area contributed by atoms with E-state index in [2.05, 4.69) is 9.88 Å². The van der Waals surface area contributed by atoms with Crippen LogP contribution in [0.5, 0.6) is 11.5 Å². The Morgan fingerprint density at radius 1 is 0.941 bits per heavy atom. The largest absolute Gasteiger partial charge is 0.870 e. The molecule has 14 heteroatoms. The molecule has 0 aliphatic carbocycles. The summed E-state index contributed by atoms with van der Waals surface area (Å²) in [7, 11) is 3.02. The van der Waals surface area contributed by atoms with Gasteiger partial charge < -0.3 is 24.4 Å². The molecule has 4 heterocycles. The number of benzene rings is 3. The van der Waals surface area contributed by atoms with Gasteiger partial charge in [-0.25, -0.2) is 23.4 Å². The fraction of sp³-hybridized carbons (Fsp3) is 0.324. The van der Waals surface area contributed by atoms with Crippen LogP contribution in [-0.4, -0.2) is 62.4 Å². The Morgan fingerprint density at radius 2 is 1.59 bits per heavy atom. The third-order valence-electron chi connectivity index (χ3n) is 9.22. The predicted octanol–water partition coefficient (Wildman–Crippen LogP) is 7.30. The van der Waals surface area contributed by atoms with Crippen LogP contribution in [0.15, 0.2) is 73.1 Å². The molecule has 10 nitrogen and oxygen atoms in total. The fourth-order valence-corrected chi connectivity index (χ4v) is 7.01. The summed E-state index contributed by atoms with van der Waals surface area (Å²) in [5.74, 6) is -1.29. The molecule has 2 atom stereocenters. The smallest absolute Gasteiger partial charge is 0.415 e. The zero-order valence-electron chi connectivity index (χ0n) is 27.9. The van der Waals surface area contributed by atoms with Crippen LogP contribution >= 0.6 is 23.2 Å². The van der Waals surface area contributed by atoms with Gasteiger partial charge in [-0.15, -0.1) is 0 Å². The molecule has 1 aromatic heterocycles. The highest BCUT2D eigenvalue weighted by molar-refractivity contribution is 6.35. The molecule has 0 radical (unpaired) electrons. The lowest BCUT2D eigenvalue weighted by atomic mass is 9.86. The summed E-state index contributed by atoms with van der Waals surface area (Å²) < 4.78 is 52.8. The minimum absolute atomic E-state index is 0. The first-order valence-electron chi connectivity index (χ1n) is 16.2. The number of aromatic amines is 1. The molecular weight excluding hydrogens is 707 g/mol. The Bertz CT molecular complexity index is 1820. The average molecular weight is 745 g/mol. The Morgan fingerprint density at radius 3 is 2.18 bits per heavy atom. The fourth-order valence-electron chi connectivity index (χ4n) is 6.48. The summed E-state index contributed by atoms with van der Waals surface area (Å²) in [6.07, 6.45) is 3.08. The minimum Gasteiger partial charge on any atom is -0.870 e. The quantitative estimate of drug-likeness (QED) is 0.147. The van der Waals surface area contributed by atoms with E-state index in [1.54, 1.807) is 42.7 Å². The Kier molecular flexibility index (Phi) is 12.4. The van der Waals surface area contributed by atoms with Crippen LogP contribution in [-0.2, 0) is 22.4 Å². The van der Waals surface area contributed by atoms with Gasteiger partial charge >= 0.3 is 12.1 Å². The van der Waals surface area contributed by atoms with Crippen LogP contribution in [0.1, 0.15) is 46.0 Å². The van der Waals surface area contributed by atoms with Crippen molar-refractivity contribution in [1.29, 1.82) is 0 Å². The van der Waals surface area contributed by atoms with E-state index in [0.29, 0.717) is 44.8 Å². The van der Waals surface area contributed by atoms with E-state index < -0.39 is 35.5 Å². The van der Waals surface area contributed by atoms with Crippen molar-refractivity contribution in [3.05, 3.63) is 117 Å². The topological polar surface area (TPSA) is 122 Å². The highest BCUT2D eigenvalue weighted by Gasteiger charge is 2.38. The highest BCUT2D eigenvalue weighted by atomic mass is 35.5. The molecule has 3 fully saturated rings. The number of carbonyl (C=O) groups is 2. The van der Waals surface area contributed by atoms with Crippen LogP contribution in [0.4, 0.5) is 19.3 Å². The van der Waals surface area contributed by atoms with Crippen molar-refractivity contribution in [2.24, 2.45) is 5.92 Å². The monoisotopic (exact) mass is 743 g/mol. The van der Waals surface area contributed by atoms with Crippen LogP contribution in [0.3, 0.4) is 0 Å². The third-order valence-corrected chi connectivity index (χ3v) is 9.90. The summed E-state index contributed by atoms with van der Waals surface area (Å²) in [5.41, 5.74) is 1.38. The molecule has 270 valence electrons. The van der Waals surface area contributed by atoms with Gasteiger partial charge in [0, 0.05) is 18.5 Å². The average Bonchev–Trinajstić information content (AvgIpc) is 3.12. The number of methoxy groups -OCH3 is 2. The molecule has 3 aliphatic heterocycles. The first-order chi connectivity index (χ1) is 24.1. The lowest BCUT2D eigenvalue weighted by Gasteiger charge is -2.44.